The Morgan fingerprint density at radius 1 is 1.26 bits per heavy atom. The Morgan fingerprint density at radius 2 is 2.00 bits per heavy atom. The highest BCUT2D eigenvalue weighted by atomic mass is 32.2. The van der Waals surface area contributed by atoms with Gasteiger partial charge in [-0.25, -0.2) is 0 Å². The summed E-state index contributed by atoms with van der Waals surface area (Å²) in [6.45, 7) is 2.95. The summed E-state index contributed by atoms with van der Waals surface area (Å²) in [7, 11) is 3.99. The average molecular weight is 397 g/mol. The fraction of sp³-hybridized carbons (Fsp3) is 0.789. The second-order valence-electron chi connectivity index (χ2n) is 7.43. The third-order valence-electron chi connectivity index (χ3n) is 4.84. The molecular formula is C19H32N4O3S. The molecule has 0 radical (unpaired) electrons. The van der Waals surface area contributed by atoms with Crippen LogP contribution in [0.5, 0.6) is 0 Å². The Hall–Kier alpha value is -1.41. The lowest BCUT2D eigenvalue weighted by Gasteiger charge is -2.23. The first-order valence-electron chi connectivity index (χ1n) is 9.97. The van der Waals surface area contributed by atoms with Crippen LogP contribution in [-0.2, 0) is 4.79 Å². The number of aromatic nitrogens is 2. The van der Waals surface area contributed by atoms with Gasteiger partial charge in [-0.3, -0.25) is 9.59 Å². The summed E-state index contributed by atoms with van der Waals surface area (Å²) >= 11 is 1.43. The molecule has 1 saturated carbocycles. The first kappa shape index (κ1) is 21.9. The van der Waals surface area contributed by atoms with Gasteiger partial charge in [-0.05, 0) is 33.4 Å². The van der Waals surface area contributed by atoms with Gasteiger partial charge in [-0.2, -0.15) is 0 Å². The number of nitrogens with one attached hydrogen (secondary N) is 1. The summed E-state index contributed by atoms with van der Waals surface area (Å²) < 4.78 is 5.54. The van der Waals surface area contributed by atoms with Crippen molar-refractivity contribution in [3.05, 3.63) is 5.89 Å². The Bertz CT molecular complexity index is 600. The quantitative estimate of drug-likeness (QED) is 0.454. The Balaban J connectivity index is 1.96. The minimum Gasteiger partial charge on any atom is -0.408 e. The third-order valence-corrected chi connectivity index (χ3v) is 5.64. The summed E-state index contributed by atoms with van der Waals surface area (Å²) in [6.07, 6.45) is 7.60. The van der Waals surface area contributed by atoms with Crippen molar-refractivity contribution >= 4 is 23.5 Å². The summed E-state index contributed by atoms with van der Waals surface area (Å²) in [5.41, 5.74) is 0. The van der Waals surface area contributed by atoms with Gasteiger partial charge >= 0.3 is 0 Å². The molecule has 1 atom stereocenters. The Labute approximate surface area is 166 Å². The molecule has 1 aliphatic carbocycles. The van der Waals surface area contributed by atoms with Gasteiger partial charge in [0.2, 0.25) is 11.7 Å². The normalized spacial score (nSPS) is 16.4. The van der Waals surface area contributed by atoms with E-state index in [1.807, 2.05) is 14.1 Å². The summed E-state index contributed by atoms with van der Waals surface area (Å²) in [4.78, 5) is 27.5. The number of rotatable bonds is 11. The van der Waals surface area contributed by atoms with Crippen molar-refractivity contribution in [1.82, 2.24) is 20.4 Å². The summed E-state index contributed by atoms with van der Waals surface area (Å²) in [5, 5.41) is 11.2. The van der Waals surface area contributed by atoms with Crippen LogP contribution in [0.2, 0.25) is 0 Å². The van der Waals surface area contributed by atoms with Crippen molar-refractivity contribution in [3.8, 4) is 0 Å². The van der Waals surface area contributed by atoms with Gasteiger partial charge in [0.25, 0.3) is 11.1 Å². The molecule has 1 unspecified atom stereocenters. The van der Waals surface area contributed by atoms with E-state index in [2.05, 4.69) is 27.3 Å². The van der Waals surface area contributed by atoms with Gasteiger partial charge in [0.15, 0.2) is 0 Å². The molecule has 7 nitrogen and oxygen atoms in total. The van der Waals surface area contributed by atoms with Crippen LogP contribution in [0.15, 0.2) is 9.64 Å². The van der Waals surface area contributed by atoms with Crippen molar-refractivity contribution in [3.63, 3.8) is 0 Å². The van der Waals surface area contributed by atoms with Crippen molar-refractivity contribution in [2.45, 2.75) is 69.6 Å². The topological polar surface area (TPSA) is 88.3 Å². The summed E-state index contributed by atoms with van der Waals surface area (Å²) in [6, 6.07) is -0.584. The molecule has 1 fully saturated rings. The van der Waals surface area contributed by atoms with E-state index in [0.29, 0.717) is 11.6 Å². The molecular weight excluding hydrogens is 364 g/mol. The van der Waals surface area contributed by atoms with Crippen molar-refractivity contribution in [2.24, 2.45) is 5.92 Å². The van der Waals surface area contributed by atoms with Crippen molar-refractivity contribution < 1.29 is 14.0 Å². The van der Waals surface area contributed by atoms with Crippen LogP contribution in [-0.4, -0.2) is 59.2 Å². The Kier molecular flexibility index (Phi) is 9.27. The predicted octanol–water partition coefficient (Wildman–Crippen LogP) is 3.16. The molecule has 0 aromatic carbocycles. The van der Waals surface area contributed by atoms with Crippen LogP contribution < -0.4 is 5.32 Å². The number of amides is 1. The van der Waals surface area contributed by atoms with Gasteiger partial charge in [-0.15, -0.1) is 10.2 Å². The van der Waals surface area contributed by atoms with E-state index in [4.69, 9.17) is 4.42 Å². The number of ketones is 1. The highest BCUT2D eigenvalue weighted by Gasteiger charge is 2.29. The number of carbonyl (C=O) groups excluding carboxylic acids is 2. The van der Waals surface area contributed by atoms with E-state index < -0.39 is 6.04 Å². The fourth-order valence-electron chi connectivity index (χ4n) is 3.16. The van der Waals surface area contributed by atoms with Crippen LogP contribution in [0.1, 0.15) is 69.0 Å². The lowest BCUT2D eigenvalue weighted by molar-refractivity contribution is -0.126. The molecule has 1 aliphatic rings. The first-order chi connectivity index (χ1) is 13.0. The molecule has 0 spiro atoms. The van der Waals surface area contributed by atoms with Crippen molar-refractivity contribution in [2.75, 3.05) is 26.4 Å². The lowest BCUT2D eigenvalue weighted by Crippen LogP contribution is -2.44. The van der Waals surface area contributed by atoms with Gasteiger partial charge in [0.1, 0.15) is 0 Å². The van der Waals surface area contributed by atoms with Crippen LogP contribution in [0, 0.1) is 5.92 Å². The highest BCUT2D eigenvalue weighted by molar-refractivity contribution is 7.99. The summed E-state index contributed by atoms with van der Waals surface area (Å²) in [5.74, 6) is 0.535. The predicted molar refractivity (Wildman–Crippen MR) is 106 cm³/mol. The maximum Gasteiger partial charge on any atom is 0.286 e. The molecule has 0 aliphatic heterocycles. The molecule has 1 N–H and O–H groups in total. The Morgan fingerprint density at radius 3 is 2.67 bits per heavy atom. The molecule has 0 saturated heterocycles. The van der Waals surface area contributed by atoms with Gasteiger partial charge in [0, 0.05) is 18.2 Å². The molecule has 27 heavy (non-hydrogen) atoms. The number of unbranched alkanes of at least 4 members (excludes halogenated alkanes) is 1. The molecule has 0 bridgehead atoms. The zero-order valence-electron chi connectivity index (χ0n) is 16.7. The lowest BCUT2D eigenvalue weighted by atomic mass is 9.88. The van der Waals surface area contributed by atoms with Gasteiger partial charge in [0.05, 0.1) is 6.04 Å². The number of hydrogen-bond acceptors (Lipinski definition) is 7. The maximum atomic E-state index is 12.8. The van der Waals surface area contributed by atoms with Gasteiger partial charge < -0.3 is 14.6 Å². The van der Waals surface area contributed by atoms with E-state index in [0.717, 1.165) is 50.8 Å². The molecule has 1 amide bonds. The monoisotopic (exact) mass is 396 g/mol. The van der Waals surface area contributed by atoms with E-state index in [1.54, 1.807) is 0 Å². The molecule has 1 heterocycles. The van der Waals surface area contributed by atoms with Gasteiger partial charge in [-0.1, -0.05) is 50.8 Å². The standard InChI is InChI=1S/C19H32N4O3S/c1-4-5-11-15(20-17(25)14-9-7-6-8-10-14)16(24)18-21-22-19(26-18)27-13-12-23(2)3/h14-15H,4-13H2,1-3H3,(H,20,25). The van der Waals surface area contributed by atoms with Crippen LogP contribution >= 0.6 is 11.8 Å². The van der Waals surface area contributed by atoms with Crippen LogP contribution in [0.25, 0.3) is 0 Å². The van der Waals surface area contributed by atoms with E-state index in [9.17, 15) is 9.59 Å². The molecule has 152 valence electrons. The molecule has 2 rings (SSSR count). The zero-order valence-corrected chi connectivity index (χ0v) is 17.5. The second-order valence-corrected chi connectivity index (χ2v) is 8.47. The number of nitrogens with zero attached hydrogens (tertiary/aromatic N) is 3. The number of carbonyl (C=O) groups is 2. The zero-order chi connectivity index (χ0) is 19.6. The van der Waals surface area contributed by atoms with Crippen molar-refractivity contribution in [1.29, 1.82) is 0 Å². The largest absolute Gasteiger partial charge is 0.408 e. The minimum atomic E-state index is -0.584. The first-order valence-corrected chi connectivity index (χ1v) is 11.0. The number of hydrogen-bond donors (Lipinski definition) is 1. The van der Waals surface area contributed by atoms with Crippen LogP contribution in [0.4, 0.5) is 0 Å². The molecule has 1 aromatic rings. The second kappa shape index (κ2) is 11.4. The molecule has 1 aromatic heterocycles. The SMILES string of the molecule is CCCCC(NC(=O)C1CCCCC1)C(=O)c1nnc(SCCN(C)C)o1. The maximum absolute atomic E-state index is 12.8. The molecule has 8 heteroatoms. The van der Waals surface area contributed by atoms with E-state index in [-0.39, 0.29) is 23.5 Å². The fourth-order valence-corrected chi connectivity index (χ4v) is 4.03. The third kappa shape index (κ3) is 7.25. The van der Waals surface area contributed by atoms with E-state index >= 15 is 0 Å². The highest BCUT2D eigenvalue weighted by Crippen LogP contribution is 2.24. The smallest absolute Gasteiger partial charge is 0.286 e. The van der Waals surface area contributed by atoms with Crippen LogP contribution in [0.3, 0.4) is 0 Å². The van der Waals surface area contributed by atoms with E-state index in [1.165, 1.54) is 18.2 Å². The number of Topliss-reactive ketones (excluding diaryl/α,β-unsaturated/α-hetero) is 1. The average Bonchev–Trinajstić information content (AvgIpc) is 3.13. The minimum absolute atomic E-state index is 0.00704. The number of thioether (sulfide) groups is 1.